The lowest BCUT2D eigenvalue weighted by molar-refractivity contribution is 0.0688. The monoisotopic (exact) mass is 464 g/mol. The highest BCUT2D eigenvalue weighted by Crippen LogP contribution is 2.29. The van der Waals surface area contributed by atoms with Crippen LogP contribution >= 0.6 is 0 Å². The number of para-hydroxylation sites is 2. The van der Waals surface area contributed by atoms with Crippen LogP contribution in [0.5, 0.6) is 0 Å². The Morgan fingerprint density at radius 1 is 1.09 bits per heavy atom. The molecule has 34 heavy (non-hydrogen) atoms. The number of hydrogen-bond donors (Lipinski definition) is 1. The molecule has 174 valence electrons. The molecule has 4 heterocycles. The van der Waals surface area contributed by atoms with Gasteiger partial charge in [0.2, 0.25) is 0 Å². The molecule has 1 amide bonds. The van der Waals surface area contributed by atoms with Gasteiger partial charge in [-0.25, -0.2) is 14.6 Å². The van der Waals surface area contributed by atoms with Crippen LogP contribution < -0.4 is 5.32 Å². The largest absolute Gasteiger partial charge is 0.463 e. The summed E-state index contributed by atoms with van der Waals surface area (Å²) in [6, 6.07) is 11.0. The fourth-order valence-corrected chi connectivity index (χ4v) is 4.05. The van der Waals surface area contributed by atoms with Crippen molar-refractivity contribution in [1.29, 1.82) is 0 Å². The summed E-state index contributed by atoms with van der Waals surface area (Å²) >= 11 is 0. The van der Waals surface area contributed by atoms with Gasteiger partial charge >= 0.3 is 6.55 Å². The number of carbonyl (C=O) groups is 1. The number of hydrogen-bond acceptors (Lipinski definition) is 5. The zero-order chi connectivity index (χ0) is 24.0. The molecule has 0 bridgehead atoms. The van der Waals surface area contributed by atoms with Crippen LogP contribution in [0.15, 0.2) is 59.3 Å². The number of aromatic nitrogens is 5. The number of alkyl halides is 2. The summed E-state index contributed by atoms with van der Waals surface area (Å²) < 4.78 is 35.8. The Labute approximate surface area is 193 Å². The molecule has 10 heteroatoms. The maximum Gasteiger partial charge on any atom is 0.320 e. The summed E-state index contributed by atoms with van der Waals surface area (Å²) in [6.45, 7) is 2.75. The van der Waals surface area contributed by atoms with Gasteiger partial charge in [0, 0.05) is 6.04 Å². The van der Waals surface area contributed by atoms with Crippen LogP contribution in [0.3, 0.4) is 0 Å². The predicted molar refractivity (Wildman–Crippen MR) is 122 cm³/mol. The van der Waals surface area contributed by atoms with Gasteiger partial charge in [-0.05, 0) is 51.1 Å². The molecule has 0 saturated heterocycles. The van der Waals surface area contributed by atoms with Gasteiger partial charge in [-0.2, -0.15) is 13.9 Å². The second kappa shape index (κ2) is 8.36. The van der Waals surface area contributed by atoms with Gasteiger partial charge in [0.1, 0.15) is 11.5 Å². The van der Waals surface area contributed by atoms with Crippen LogP contribution in [0.4, 0.5) is 8.78 Å². The Balaban J connectivity index is 1.57. The number of fused-ring (bicyclic) bond motifs is 2. The molecular formula is C24H22F2N6O2. The van der Waals surface area contributed by atoms with Crippen molar-refractivity contribution in [3.8, 4) is 11.5 Å². The van der Waals surface area contributed by atoms with Crippen LogP contribution in [-0.4, -0.2) is 30.2 Å². The molecule has 0 aliphatic heterocycles. The van der Waals surface area contributed by atoms with Crippen molar-refractivity contribution in [2.24, 2.45) is 0 Å². The Bertz CT molecular complexity index is 1490. The summed E-state index contributed by atoms with van der Waals surface area (Å²) in [5, 5.41) is 7.76. The highest BCUT2D eigenvalue weighted by molar-refractivity contribution is 6.06. The third-order valence-corrected chi connectivity index (χ3v) is 5.63. The number of furan rings is 1. The second-order valence-corrected chi connectivity index (χ2v) is 8.25. The maximum absolute atomic E-state index is 13.9. The molecular weight excluding hydrogens is 442 g/mol. The van der Waals surface area contributed by atoms with Crippen molar-refractivity contribution in [3.05, 3.63) is 66.3 Å². The lowest BCUT2D eigenvalue weighted by Gasteiger charge is -2.16. The molecule has 0 aliphatic carbocycles. The summed E-state index contributed by atoms with van der Waals surface area (Å²) in [4.78, 5) is 22.4. The van der Waals surface area contributed by atoms with Gasteiger partial charge in [-0.15, -0.1) is 0 Å². The van der Waals surface area contributed by atoms with Gasteiger partial charge in [0.05, 0.1) is 40.5 Å². The van der Waals surface area contributed by atoms with E-state index < -0.39 is 18.5 Å². The molecule has 0 fully saturated rings. The summed E-state index contributed by atoms with van der Waals surface area (Å²) in [6.07, 6.45) is 3.11. The average molecular weight is 464 g/mol. The fraction of sp³-hybridized carbons (Fsp3) is 0.250. The summed E-state index contributed by atoms with van der Waals surface area (Å²) in [5.74, 6) is 0.114. The van der Waals surface area contributed by atoms with E-state index in [0.29, 0.717) is 39.1 Å². The Kier molecular flexibility index (Phi) is 5.35. The van der Waals surface area contributed by atoms with Gasteiger partial charge in [-0.3, -0.25) is 9.36 Å². The van der Waals surface area contributed by atoms with Crippen molar-refractivity contribution in [2.45, 2.75) is 39.4 Å². The quantitative estimate of drug-likeness (QED) is 0.358. The van der Waals surface area contributed by atoms with Crippen LogP contribution in [-0.2, 0) is 0 Å². The van der Waals surface area contributed by atoms with Crippen LogP contribution in [0.1, 0.15) is 55.6 Å². The highest BCUT2D eigenvalue weighted by atomic mass is 19.3. The topological polar surface area (TPSA) is 90.8 Å². The SMILES string of the molecule is CC(NC(=O)c1cc(-c2ccco2)nc2c1cnn2C(C)C)c1nc2ccccc2n1C(F)F. The van der Waals surface area contributed by atoms with E-state index in [1.165, 1.54) is 6.26 Å². The van der Waals surface area contributed by atoms with Gasteiger partial charge in [-0.1, -0.05) is 12.1 Å². The van der Waals surface area contributed by atoms with Crippen LogP contribution in [0, 0.1) is 0 Å². The maximum atomic E-state index is 13.9. The average Bonchev–Trinajstić information content (AvgIpc) is 3.55. The first-order valence-corrected chi connectivity index (χ1v) is 10.8. The molecule has 1 N–H and O–H groups in total. The molecule has 4 aromatic heterocycles. The molecule has 0 radical (unpaired) electrons. The van der Waals surface area contributed by atoms with Gasteiger partial charge in [0.15, 0.2) is 11.4 Å². The first kappa shape index (κ1) is 21.7. The van der Waals surface area contributed by atoms with Crippen molar-refractivity contribution in [1.82, 2.24) is 29.6 Å². The third kappa shape index (κ3) is 3.60. The second-order valence-electron chi connectivity index (χ2n) is 8.25. The first-order chi connectivity index (χ1) is 16.3. The minimum Gasteiger partial charge on any atom is -0.463 e. The normalized spacial score (nSPS) is 12.8. The zero-order valence-corrected chi connectivity index (χ0v) is 18.7. The zero-order valence-electron chi connectivity index (χ0n) is 18.7. The highest BCUT2D eigenvalue weighted by Gasteiger charge is 2.25. The van der Waals surface area contributed by atoms with Crippen molar-refractivity contribution < 1.29 is 18.0 Å². The minimum atomic E-state index is -2.80. The van der Waals surface area contributed by atoms with Crippen LogP contribution in [0.2, 0.25) is 0 Å². The number of carbonyl (C=O) groups excluding carboxylic acids is 1. The Hall–Kier alpha value is -4.08. The smallest absolute Gasteiger partial charge is 0.320 e. The first-order valence-electron chi connectivity index (χ1n) is 10.8. The Morgan fingerprint density at radius 3 is 2.59 bits per heavy atom. The predicted octanol–water partition coefficient (Wildman–Crippen LogP) is 5.51. The summed E-state index contributed by atoms with van der Waals surface area (Å²) in [7, 11) is 0. The molecule has 0 spiro atoms. The molecule has 1 unspecified atom stereocenters. The molecule has 8 nitrogen and oxygen atoms in total. The fourth-order valence-electron chi connectivity index (χ4n) is 4.05. The number of nitrogens with one attached hydrogen (secondary N) is 1. The number of benzene rings is 1. The van der Waals surface area contributed by atoms with E-state index >= 15 is 0 Å². The van der Waals surface area contributed by atoms with Gasteiger partial charge in [0.25, 0.3) is 5.91 Å². The van der Waals surface area contributed by atoms with Crippen molar-refractivity contribution in [2.75, 3.05) is 0 Å². The molecule has 5 rings (SSSR count). The van der Waals surface area contributed by atoms with E-state index in [1.807, 2.05) is 13.8 Å². The van der Waals surface area contributed by atoms with Gasteiger partial charge < -0.3 is 9.73 Å². The van der Waals surface area contributed by atoms with E-state index in [4.69, 9.17) is 4.42 Å². The lowest BCUT2D eigenvalue weighted by atomic mass is 10.1. The Morgan fingerprint density at radius 2 is 1.88 bits per heavy atom. The molecule has 5 aromatic rings. The van der Waals surface area contributed by atoms with Crippen LogP contribution in [0.25, 0.3) is 33.5 Å². The van der Waals surface area contributed by atoms with Crippen molar-refractivity contribution in [3.63, 3.8) is 0 Å². The third-order valence-electron chi connectivity index (χ3n) is 5.63. The van der Waals surface area contributed by atoms with Crippen molar-refractivity contribution >= 4 is 28.0 Å². The summed E-state index contributed by atoms with van der Waals surface area (Å²) in [5.41, 5.74) is 2.05. The lowest BCUT2D eigenvalue weighted by Crippen LogP contribution is -2.29. The molecule has 1 atom stereocenters. The standard InChI is InChI=1S/C24H22F2N6O2/c1-13(2)32-22-16(12-27-32)15(11-18(30-22)20-9-6-10-34-20)23(33)28-14(3)21-29-17-7-4-5-8-19(17)31(21)24(25)26/h4-14,24H,1-3H3,(H,28,33). The number of pyridine rings is 1. The molecule has 1 aromatic carbocycles. The minimum absolute atomic E-state index is 0.0117. The number of rotatable bonds is 6. The van der Waals surface area contributed by atoms with E-state index in [0.717, 1.165) is 4.57 Å². The number of halogens is 2. The van der Waals surface area contributed by atoms with E-state index in [-0.39, 0.29) is 11.9 Å². The number of imidazole rings is 1. The molecule has 0 aliphatic rings. The number of nitrogens with zero attached hydrogens (tertiary/aromatic N) is 5. The van der Waals surface area contributed by atoms with E-state index in [2.05, 4.69) is 20.4 Å². The molecule has 0 saturated carbocycles. The van der Waals surface area contributed by atoms with E-state index in [1.54, 1.807) is 60.3 Å². The number of amides is 1. The van der Waals surface area contributed by atoms with E-state index in [9.17, 15) is 13.6 Å².